The Labute approximate surface area is 114 Å². The van der Waals surface area contributed by atoms with Gasteiger partial charge >= 0.3 is 0 Å². The molecular weight excluding hydrogens is 240 g/mol. The molecule has 0 spiro atoms. The quantitative estimate of drug-likeness (QED) is 0.498. The smallest absolute Gasteiger partial charge is 0.244 e. The van der Waals surface area contributed by atoms with Crippen LogP contribution in [0.1, 0.15) is 42.4 Å². The van der Waals surface area contributed by atoms with Gasteiger partial charge in [-0.15, -0.1) is 0 Å². The van der Waals surface area contributed by atoms with Crippen molar-refractivity contribution < 1.29 is 9.53 Å². The summed E-state index contributed by atoms with van der Waals surface area (Å²) in [6.45, 7) is 4.03. The van der Waals surface area contributed by atoms with Crippen molar-refractivity contribution in [2.45, 2.75) is 44.9 Å². The van der Waals surface area contributed by atoms with E-state index in [1.807, 2.05) is 19.9 Å². The van der Waals surface area contributed by atoms with Crippen molar-refractivity contribution in [3.05, 3.63) is 28.8 Å². The number of nitrogens with one attached hydrogen (secondary N) is 1. The number of methoxy groups -OCH3 is 1. The fourth-order valence-electron chi connectivity index (χ4n) is 3.26. The molecule has 2 rings (SSSR count). The molecule has 4 nitrogen and oxygen atoms in total. The van der Waals surface area contributed by atoms with Crippen LogP contribution in [0.15, 0.2) is 12.1 Å². The Morgan fingerprint density at radius 3 is 2.42 bits per heavy atom. The van der Waals surface area contributed by atoms with Crippen LogP contribution in [0.5, 0.6) is 5.75 Å². The average molecular weight is 262 g/mol. The molecule has 1 saturated carbocycles. The standard InChI is InChI=1S/C15H22N2O2/c1-10-9-13(19-3)11(2)8-12(10)15(14(18)17-16)6-4-5-7-15/h8-9H,4-7,16H2,1-3H3,(H,17,18). The average Bonchev–Trinajstić information content (AvgIpc) is 2.90. The number of hydrogen-bond acceptors (Lipinski definition) is 3. The van der Waals surface area contributed by atoms with Crippen LogP contribution in [0, 0.1) is 13.8 Å². The molecule has 19 heavy (non-hydrogen) atoms. The van der Waals surface area contributed by atoms with Crippen molar-refractivity contribution in [3.63, 3.8) is 0 Å². The first-order chi connectivity index (χ1) is 9.05. The normalized spacial score (nSPS) is 17.3. The fraction of sp³-hybridized carbons (Fsp3) is 0.533. The Kier molecular flexibility index (Phi) is 3.80. The highest BCUT2D eigenvalue weighted by Crippen LogP contribution is 2.43. The van der Waals surface area contributed by atoms with Gasteiger partial charge in [0, 0.05) is 0 Å². The number of nitrogens with two attached hydrogens (primary N) is 1. The minimum atomic E-state index is -0.462. The highest BCUT2D eigenvalue weighted by atomic mass is 16.5. The topological polar surface area (TPSA) is 64.3 Å². The van der Waals surface area contributed by atoms with Crippen LogP contribution >= 0.6 is 0 Å². The number of ether oxygens (including phenoxy) is 1. The number of hydrazine groups is 1. The first-order valence-electron chi connectivity index (χ1n) is 6.72. The highest BCUT2D eigenvalue weighted by molar-refractivity contribution is 5.88. The Morgan fingerprint density at radius 1 is 1.26 bits per heavy atom. The molecule has 0 atom stereocenters. The van der Waals surface area contributed by atoms with E-state index in [9.17, 15) is 4.79 Å². The molecule has 104 valence electrons. The number of benzene rings is 1. The van der Waals surface area contributed by atoms with Crippen LogP contribution in [0.2, 0.25) is 0 Å². The van der Waals surface area contributed by atoms with Gasteiger partial charge in [0.1, 0.15) is 5.75 Å². The lowest BCUT2D eigenvalue weighted by Crippen LogP contribution is -2.46. The molecule has 1 fully saturated rings. The van der Waals surface area contributed by atoms with E-state index in [2.05, 4.69) is 11.5 Å². The monoisotopic (exact) mass is 262 g/mol. The lowest BCUT2D eigenvalue weighted by atomic mass is 9.75. The minimum Gasteiger partial charge on any atom is -0.496 e. The Bertz CT molecular complexity index is 491. The van der Waals surface area contributed by atoms with E-state index in [-0.39, 0.29) is 5.91 Å². The Hall–Kier alpha value is -1.55. The molecule has 0 bridgehead atoms. The van der Waals surface area contributed by atoms with Gasteiger partial charge in [0.25, 0.3) is 0 Å². The van der Waals surface area contributed by atoms with E-state index < -0.39 is 5.41 Å². The van der Waals surface area contributed by atoms with Crippen LogP contribution < -0.4 is 16.0 Å². The molecule has 1 aromatic rings. The Morgan fingerprint density at radius 2 is 1.89 bits per heavy atom. The summed E-state index contributed by atoms with van der Waals surface area (Å²) in [5, 5.41) is 0. The second-order valence-electron chi connectivity index (χ2n) is 5.40. The molecule has 0 heterocycles. The van der Waals surface area contributed by atoms with Gasteiger partial charge in [0.2, 0.25) is 5.91 Å². The van der Waals surface area contributed by atoms with Gasteiger partial charge in [-0.05, 0) is 49.4 Å². The van der Waals surface area contributed by atoms with Gasteiger partial charge in [0.15, 0.2) is 0 Å². The number of aryl methyl sites for hydroxylation is 2. The lowest BCUT2D eigenvalue weighted by Gasteiger charge is -2.29. The number of rotatable bonds is 3. The molecular formula is C15H22N2O2. The number of amides is 1. The summed E-state index contributed by atoms with van der Waals surface area (Å²) in [6, 6.07) is 4.09. The van der Waals surface area contributed by atoms with Crippen LogP contribution in [0.4, 0.5) is 0 Å². The van der Waals surface area contributed by atoms with Crippen molar-refractivity contribution in [1.29, 1.82) is 0 Å². The molecule has 0 aromatic heterocycles. The van der Waals surface area contributed by atoms with E-state index in [1.165, 1.54) is 0 Å². The third-order valence-electron chi connectivity index (χ3n) is 4.28. The second kappa shape index (κ2) is 5.21. The maximum atomic E-state index is 12.3. The van der Waals surface area contributed by atoms with Crippen LogP contribution in [-0.4, -0.2) is 13.0 Å². The SMILES string of the molecule is COc1cc(C)c(C2(C(=O)NN)CCCC2)cc1C. The molecule has 1 aromatic carbocycles. The molecule has 0 aliphatic heterocycles. The molecule has 0 unspecified atom stereocenters. The van der Waals surface area contributed by atoms with Crippen molar-refractivity contribution in [3.8, 4) is 5.75 Å². The molecule has 1 amide bonds. The zero-order valence-electron chi connectivity index (χ0n) is 11.9. The molecule has 4 heteroatoms. The summed E-state index contributed by atoms with van der Waals surface area (Å²) < 4.78 is 5.34. The predicted molar refractivity (Wildman–Crippen MR) is 74.9 cm³/mol. The minimum absolute atomic E-state index is 0.0716. The predicted octanol–water partition coefficient (Wildman–Crippen LogP) is 2.11. The van der Waals surface area contributed by atoms with Gasteiger partial charge in [-0.1, -0.05) is 18.9 Å². The van der Waals surface area contributed by atoms with Crippen molar-refractivity contribution in [2.24, 2.45) is 5.84 Å². The summed E-state index contributed by atoms with van der Waals surface area (Å²) in [6.07, 6.45) is 3.86. The Balaban J connectivity index is 2.55. The lowest BCUT2D eigenvalue weighted by molar-refractivity contribution is -0.126. The van der Waals surface area contributed by atoms with Gasteiger partial charge in [-0.3, -0.25) is 10.2 Å². The number of carbonyl (C=O) groups is 1. The summed E-state index contributed by atoms with van der Waals surface area (Å²) in [7, 11) is 1.67. The molecule has 1 aliphatic rings. The second-order valence-corrected chi connectivity index (χ2v) is 5.40. The molecule has 0 saturated heterocycles. The van der Waals surface area contributed by atoms with Gasteiger partial charge in [-0.2, -0.15) is 0 Å². The van der Waals surface area contributed by atoms with Crippen LogP contribution in [0.25, 0.3) is 0 Å². The van der Waals surface area contributed by atoms with E-state index in [4.69, 9.17) is 10.6 Å². The first-order valence-corrected chi connectivity index (χ1v) is 6.72. The largest absolute Gasteiger partial charge is 0.496 e. The fourth-order valence-corrected chi connectivity index (χ4v) is 3.26. The molecule has 3 N–H and O–H groups in total. The van der Waals surface area contributed by atoms with Gasteiger partial charge in [-0.25, -0.2) is 5.84 Å². The van der Waals surface area contributed by atoms with E-state index in [0.717, 1.165) is 48.1 Å². The first kappa shape index (κ1) is 13.9. The summed E-state index contributed by atoms with van der Waals surface area (Å²) >= 11 is 0. The van der Waals surface area contributed by atoms with Crippen LogP contribution in [0.3, 0.4) is 0 Å². The third-order valence-corrected chi connectivity index (χ3v) is 4.28. The number of carbonyl (C=O) groups excluding carboxylic acids is 1. The van der Waals surface area contributed by atoms with Gasteiger partial charge < -0.3 is 4.74 Å². The zero-order chi connectivity index (χ0) is 14.0. The van der Waals surface area contributed by atoms with Gasteiger partial charge in [0.05, 0.1) is 12.5 Å². The van der Waals surface area contributed by atoms with E-state index >= 15 is 0 Å². The molecule has 1 aliphatic carbocycles. The van der Waals surface area contributed by atoms with Crippen LogP contribution in [-0.2, 0) is 10.2 Å². The molecule has 0 radical (unpaired) electrons. The zero-order valence-corrected chi connectivity index (χ0v) is 11.9. The highest BCUT2D eigenvalue weighted by Gasteiger charge is 2.43. The maximum absolute atomic E-state index is 12.3. The van der Waals surface area contributed by atoms with E-state index in [0.29, 0.717) is 0 Å². The summed E-state index contributed by atoms with van der Waals surface area (Å²) in [5.74, 6) is 6.19. The summed E-state index contributed by atoms with van der Waals surface area (Å²) in [4.78, 5) is 12.3. The maximum Gasteiger partial charge on any atom is 0.244 e. The number of hydrogen-bond donors (Lipinski definition) is 2. The summed E-state index contributed by atoms with van der Waals surface area (Å²) in [5.41, 5.74) is 5.12. The third kappa shape index (κ3) is 2.21. The van der Waals surface area contributed by atoms with Crippen molar-refractivity contribution in [1.82, 2.24) is 5.43 Å². The van der Waals surface area contributed by atoms with Crippen molar-refractivity contribution >= 4 is 5.91 Å². The van der Waals surface area contributed by atoms with Crippen molar-refractivity contribution in [2.75, 3.05) is 7.11 Å². The van der Waals surface area contributed by atoms with E-state index in [1.54, 1.807) is 7.11 Å².